The molecule has 4 heteroatoms. The Morgan fingerprint density at radius 1 is 1.47 bits per heavy atom. The zero-order valence-electron chi connectivity index (χ0n) is 9.82. The van der Waals surface area contributed by atoms with E-state index in [1.807, 2.05) is 7.05 Å². The third-order valence-electron chi connectivity index (χ3n) is 2.72. The van der Waals surface area contributed by atoms with Gasteiger partial charge in [-0.15, -0.1) is 0 Å². The van der Waals surface area contributed by atoms with Crippen LogP contribution in [0.4, 0.5) is 0 Å². The summed E-state index contributed by atoms with van der Waals surface area (Å²) in [6.45, 7) is 4.30. The molecule has 1 N–H and O–H groups in total. The second-order valence-corrected chi connectivity index (χ2v) is 3.58. The van der Waals surface area contributed by atoms with E-state index in [9.17, 15) is 0 Å². The van der Waals surface area contributed by atoms with Crippen LogP contribution in [-0.4, -0.2) is 30.2 Å². The first-order valence-corrected chi connectivity index (χ1v) is 5.26. The predicted octanol–water partition coefficient (Wildman–Crippen LogP) is 1.59. The number of methoxy groups -OCH3 is 1. The number of likely N-dealkylation sites (N-methyl/N-ethyl adjacent to an activating group) is 1. The smallest absolute Gasteiger partial charge is 0.232 e. The van der Waals surface area contributed by atoms with E-state index in [2.05, 4.69) is 29.1 Å². The number of rotatable bonds is 5. The van der Waals surface area contributed by atoms with E-state index in [0.717, 1.165) is 12.1 Å². The van der Waals surface area contributed by atoms with Crippen LogP contribution in [0.2, 0.25) is 0 Å². The standard InChI is InChI=1S/C11H19N3O/c1-5-9(12-3)8(2)10-6-13-7-11(14-10)15-4/h6-9,12H,5H2,1-4H3. The van der Waals surface area contributed by atoms with Gasteiger partial charge in [-0.1, -0.05) is 13.8 Å². The molecule has 2 unspecified atom stereocenters. The number of aromatic nitrogens is 2. The first-order valence-electron chi connectivity index (χ1n) is 5.26. The van der Waals surface area contributed by atoms with Gasteiger partial charge in [-0.25, -0.2) is 4.98 Å². The van der Waals surface area contributed by atoms with Crippen molar-refractivity contribution in [3.8, 4) is 5.88 Å². The lowest BCUT2D eigenvalue weighted by atomic mass is 9.97. The molecule has 1 rings (SSSR count). The molecule has 1 heterocycles. The van der Waals surface area contributed by atoms with E-state index in [1.165, 1.54) is 0 Å². The zero-order chi connectivity index (χ0) is 11.3. The van der Waals surface area contributed by atoms with Crippen molar-refractivity contribution in [2.24, 2.45) is 0 Å². The van der Waals surface area contributed by atoms with Crippen LogP contribution in [-0.2, 0) is 0 Å². The molecule has 15 heavy (non-hydrogen) atoms. The zero-order valence-corrected chi connectivity index (χ0v) is 9.82. The third-order valence-corrected chi connectivity index (χ3v) is 2.72. The molecule has 0 aliphatic carbocycles. The van der Waals surface area contributed by atoms with E-state index >= 15 is 0 Å². The molecule has 0 saturated heterocycles. The second-order valence-electron chi connectivity index (χ2n) is 3.58. The topological polar surface area (TPSA) is 47.0 Å². The van der Waals surface area contributed by atoms with Gasteiger partial charge in [0.25, 0.3) is 0 Å². The van der Waals surface area contributed by atoms with Gasteiger partial charge in [0.1, 0.15) is 0 Å². The summed E-state index contributed by atoms with van der Waals surface area (Å²) in [5.74, 6) is 0.910. The van der Waals surface area contributed by atoms with Crippen molar-refractivity contribution in [3.05, 3.63) is 18.1 Å². The molecular weight excluding hydrogens is 190 g/mol. The molecule has 1 aromatic rings. The van der Waals surface area contributed by atoms with Gasteiger partial charge in [-0.3, -0.25) is 4.98 Å². The van der Waals surface area contributed by atoms with Gasteiger partial charge in [0, 0.05) is 18.2 Å². The highest BCUT2D eigenvalue weighted by Gasteiger charge is 2.17. The summed E-state index contributed by atoms with van der Waals surface area (Å²) in [5.41, 5.74) is 0.968. The van der Waals surface area contributed by atoms with Crippen molar-refractivity contribution >= 4 is 0 Å². The summed E-state index contributed by atoms with van der Waals surface area (Å²) in [4.78, 5) is 8.50. The molecule has 2 atom stereocenters. The van der Waals surface area contributed by atoms with Crippen LogP contribution in [0.5, 0.6) is 5.88 Å². The maximum absolute atomic E-state index is 5.06. The SMILES string of the molecule is CCC(NC)C(C)c1cncc(OC)n1. The van der Waals surface area contributed by atoms with Gasteiger partial charge in [0.2, 0.25) is 5.88 Å². The normalized spacial score (nSPS) is 14.7. The number of hydrogen-bond acceptors (Lipinski definition) is 4. The highest BCUT2D eigenvalue weighted by molar-refractivity contribution is 5.13. The molecular formula is C11H19N3O. The maximum Gasteiger partial charge on any atom is 0.232 e. The van der Waals surface area contributed by atoms with E-state index in [1.54, 1.807) is 19.5 Å². The summed E-state index contributed by atoms with van der Waals surface area (Å²) >= 11 is 0. The summed E-state index contributed by atoms with van der Waals surface area (Å²) in [6.07, 6.45) is 4.49. The predicted molar refractivity (Wildman–Crippen MR) is 60.1 cm³/mol. The Morgan fingerprint density at radius 2 is 2.20 bits per heavy atom. The lowest BCUT2D eigenvalue weighted by Crippen LogP contribution is -2.30. The minimum atomic E-state index is 0.336. The molecule has 0 aliphatic heterocycles. The first-order chi connectivity index (χ1) is 7.22. The fraction of sp³-hybridized carbons (Fsp3) is 0.636. The van der Waals surface area contributed by atoms with Crippen LogP contribution in [0.1, 0.15) is 31.9 Å². The molecule has 84 valence electrons. The Kier molecular flexibility index (Phi) is 4.49. The molecule has 0 aliphatic rings. The lowest BCUT2D eigenvalue weighted by Gasteiger charge is -2.21. The summed E-state index contributed by atoms with van der Waals surface area (Å²) in [5, 5.41) is 3.28. The maximum atomic E-state index is 5.06. The molecule has 0 amide bonds. The summed E-state index contributed by atoms with van der Waals surface area (Å²) in [7, 11) is 3.58. The minimum absolute atomic E-state index is 0.336. The van der Waals surface area contributed by atoms with Crippen LogP contribution in [0.25, 0.3) is 0 Å². The number of hydrogen-bond donors (Lipinski definition) is 1. The van der Waals surface area contributed by atoms with Crippen molar-refractivity contribution in [1.82, 2.24) is 15.3 Å². The van der Waals surface area contributed by atoms with Crippen LogP contribution >= 0.6 is 0 Å². The molecule has 0 bridgehead atoms. The molecule has 0 radical (unpaired) electrons. The van der Waals surface area contributed by atoms with Gasteiger partial charge in [-0.2, -0.15) is 0 Å². The average Bonchev–Trinajstić information content (AvgIpc) is 2.30. The van der Waals surface area contributed by atoms with Crippen LogP contribution in [0.15, 0.2) is 12.4 Å². The third kappa shape index (κ3) is 2.89. The Morgan fingerprint density at radius 3 is 2.73 bits per heavy atom. The molecule has 0 spiro atoms. The fourth-order valence-corrected chi connectivity index (χ4v) is 1.69. The molecule has 4 nitrogen and oxygen atoms in total. The Balaban J connectivity index is 2.84. The fourth-order valence-electron chi connectivity index (χ4n) is 1.69. The number of nitrogens with one attached hydrogen (secondary N) is 1. The first kappa shape index (κ1) is 11.9. The van der Waals surface area contributed by atoms with Gasteiger partial charge in [0.05, 0.1) is 19.0 Å². The minimum Gasteiger partial charge on any atom is -0.480 e. The van der Waals surface area contributed by atoms with E-state index in [4.69, 9.17) is 4.74 Å². The summed E-state index contributed by atoms with van der Waals surface area (Å²) < 4.78 is 5.06. The van der Waals surface area contributed by atoms with Gasteiger partial charge in [-0.05, 0) is 13.5 Å². The number of ether oxygens (including phenoxy) is 1. The Labute approximate surface area is 91.1 Å². The van der Waals surface area contributed by atoms with Crippen LogP contribution < -0.4 is 10.1 Å². The molecule has 1 aromatic heterocycles. The van der Waals surface area contributed by atoms with Crippen molar-refractivity contribution in [2.75, 3.05) is 14.2 Å². The quantitative estimate of drug-likeness (QED) is 0.800. The van der Waals surface area contributed by atoms with Crippen molar-refractivity contribution in [3.63, 3.8) is 0 Å². The lowest BCUT2D eigenvalue weighted by molar-refractivity contribution is 0.388. The van der Waals surface area contributed by atoms with Gasteiger partial charge in [0.15, 0.2) is 0 Å². The average molecular weight is 209 g/mol. The highest BCUT2D eigenvalue weighted by Crippen LogP contribution is 2.19. The van der Waals surface area contributed by atoms with E-state index in [-0.39, 0.29) is 0 Å². The number of nitrogens with zero attached hydrogens (tertiary/aromatic N) is 2. The molecule has 0 aromatic carbocycles. The largest absolute Gasteiger partial charge is 0.480 e. The van der Waals surface area contributed by atoms with Crippen LogP contribution in [0, 0.1) is 0 Å². The Hall–Kier alpha value is -1.16. The molecule has 0 fully saturated rings. The van der Waals surface area contributed by atoms with Gasteiger partial charge >= 0.3 is 0 Å². The van der Waals surface area contributed by atoms with Crippen LogP contribution in [0.3, 0.4) is 0 Å². The second kappa shape index (κ2) is 5.66. The van der Waals surface area contributed by atoms with E-state index in [0.29, 0.717) is 17.8 Å². The van der Waals surface area contributed by atoms with Gasteiger partial charge < -0.3 is 10.1 Å². The monoisotopic (exact) mass is 209 g/mol. The Bertz CT molecular complexity index is 300. The van der Waals surface area contributed by atoms with Crippen molar-refractivity contribution < 1.29 is 4.74 Å². The van der Waals surface area contributed by atoms with E-state index < -0.39 is 0 Å². The highest BCUT2D eigenvalue weighted by atomic mass is 16.5. The summed E-state index contributed by atoms with van der Waals surface area (Å²) in [6, 6.07) is 0.423. The molecule has 0 saturated carbocycles. The van der Waals surface area contributed by atoms with Crippen molar-refractivity contribution in [2.45, 2.75) is 32.2 Å². The van der Waals surface area contributed by atoms with Crippen molar-refractivity contribution in [1.29, 1.82) is 0 Å².